The summed E-state index contributed by atoms with van der Waals surface area (Å²) in [6.07, 6.45) is 3.69. The first-order chi connectivity index (χ1) is 23.3. The molecule has 0 amide bonds. The molecule has 0 aliphatic carbocycles. The molecule has 0 atom stereocenters. The van der Waals surface area contributed by atoms with E-state index in [1.807, 2.05) is 29.7 Å². The fraction of sp³-hybridized carbons (Fsp3) is 0. The van der Waals surface area contributed by atoms with Gasteiger partial charge in [-0.2, -0.15) is 0 Å². The minimum atomic E-state index is 0.686. The highest BCUT2D eigenvalue weighted by Crippen LogP contribution is 2.38. The lowest BCUT2D eigenvalue weighted by atomic mass is 9.98. The molecule has 0 aliphatic heterocycles. The zero-order valence-electron chi connectivity index (χ0n) is 25.3. The third-order valence-electron chi connectivity index (χ3n) is 8.80. The smallest absolute Gasteiger partial charge is 0.161 e. The van der Waals surface area contributed by atoms with Gasteiger partial charge >= 0.3 is 0 Å². The molecule has 0 N–H and O–H groups in total. The fourth-order valence-corrected chi connectivity index (χ4v) is 7.49. The van der Waals surface area contributed by atoms with E-state index in [2.05, 4.69) is 145 Å². The van der Waals surface area contributed by atoms with Crippen molar-refractivity contribution in [1.29, 1.82) is 0 Å². The lowest BCUT2D eigenvalue weighted by Crippen LogP contribution is -1.97. The second-order valence-corrected chi connectivity index (χ2v) is 12.8. The van der Waals surface area contributed by atoms with Crippen LogP contribution < -0.4 is 0 Å². The predicted octanol–water partition coefficient (Wildman–Crippen LogP) is 11.7. The quantitative estimate of drug-likeness (QED) is 0.193. The maximum atomic E-state index is 5.22. The number of fused-ring (bicyclic) bond motifs is 4. The molecule has 0 bridgehead atoms. The Morgan fingerprint density at radius 3 is 1.94 bits per heavy atom. The Bertz CT molecular complexity index is 2570. The molecule has 3 aromatic heterocycles. The summed E-state index contributed by atoms with van der Waals surface area (Å²) in [4.78, 5) is 14.8. The van der Waals surface area contributed by atoms with E-state index in [4.69, 9.17) is 9.97 Å². The van der Waals surface area contributed by atoms with E-state index in [-0.39, 0.29) is 0 Å². The van der Waals surface area contributed by atoms with Crippen molar-refractivity contribution in [2.75, 3.05) is 0 Å². The second-order valence-electron chi connectivity index (χ2n) is 11.7. The summed E-state index contributed by atoms with van der Waals surface area (Å²) in [6, 6.07) is 53.6. The summed E-state index contributed by atoms with van der Waals surface area (Å²) in [5.74, 6) is 0.686. The van der Waals surface area contributed by atoms with Crippen molar-refractivity contribution in [3.05, 3.63) is 164 Å². The SMILES string of the molecule is c1cncc(-c2ccccc2-c2nc(-c3ccc(-c4ccc5ccccc5c4)cc3)cc(-c3ccc4sc5ccccc5c4c3)n2)c1. The molecule has 9 aromatic rings. The summed E-state index contributed by atoms with van der Waals surface area (Å²) in [5.41, 5.74) is 9.30. The van der Waals surface area contributed by atoms with Crippen LogP contribution in [0.3, 0.4) is 0 Å². The van der Waals surface area contributed by atoms with Gasteiger partial charge in [0.1, 0.15) is 0 Å². The third-order valence-corrected chi connectivity index (χ3v) is 9.95. The molecule has 0 unspecified atom stereocenters. The Balaban J connectivity index is 1.20. The number of pyridine rings is 1. The summed E-state index contributed by atoms with van der Waals surface area (Å²) < 4.78 is 2.57. The lowest BCUT2D eigenvalue weighted by Gasteiger charge is -2.13. The van der Waals surface area contributed by atoms with Crippen molar-refractivity contribution in [1.82, 2.24) is 15.0 Å². The van der Waals surface area contributed by atoms with E-state index in [0.29, 0.717) is 5.82 Å². The van der Waals surface area contributed by atoms with Crippen molar-refractivity contribution in [2.45, 2.75) is 0 Å². The van der Waals surface area contributed by atoms with Crippen LogP contribution in [0.25, 0.3) is 87.1 Å². The topological polar surface area (TPSA) is 38.7 Å². The van der Waals surface area contributed by atoms with E-state index < -0.39 is 0 Å². The Morgan fingerprint density at radius 1 is 0.404 bits per heavy atom. The van der Waals surface area contributed by atoms with Gasteiger partial charge in [-0.25, -0.2) is 9.97 Å². The normalized spacial score (nSPS) is 11.4. The molecule has 0 radical (unpaired) electrons. The van der Waals surface area contributed by atoms with E-state index in [9.17, 15) is 0 Å². The number of rotatable bonds is 5. The van der Waals surface area contributed by atoms with Gasteiger partial charge in [-0.15, -0.1) is 11.3 Å². The molecular weight excluding hydrogens is 591 g/mol. The zero-order valence-corrected chi connectivity index (χ0v) is 26.2. The Kier molecular flexibility index (Phi) is 6.65. The van der Waals surface area contributed by atoms with Crippen LogP contribution in [-0.2, 0) is 0 Å². The number of benzene rings is 6. The number of hydrogen-bond donors (Lipinski definition) is 0. The number of thiophene rings is 1. The minimum Gasteiger partial charge on any atom is -0.264 e. The van der Waals surface area contributed by atoms with Crippen LogP contribution in [0.15, 0.2) is 164 Å². The monoisotopic (exact) mass is 617 g/mol. The van der Waals surface area contributed by atoms with E-state index in [1.54, 1.807) is 6.20 Å². The average molecular weight is 618 g/mol. The lowest BCUT2D eigenvalue weighted by molar-refractivity contribution is 1.18. The molecule has 9 rings (SSSR count). The average Bonchev–Trinajstić information content (AvgIpc) is 3.53. The highest BCUT2D eigenvalue weighted by atomic mass is 32.1. The first-order valence-electron chi connectivity index (χ1n) is 15.7. The van der Waals surface area contributed by atoms with Crippen LogP contribution in [0.1, 0.15) is 0 Å². The Labute approximate surface area is 276 Å². The predicted molar refractivity (Wildman–Crippen MR) is 197 cm³/mol. The van der Waals surface area contributed by atoms with Crippen molar-refractivity contribution in [2.24, 2.45) is 0 Å². The van der Waals surface area contributed by atoms with Gasteiger partial charge in [-0.3, -0.25) is 4.98 Å². The number of nitrogens with zero attached hydrogens (tertiary/aromatic N) is 3. The summed E-state index contributed by atoms with van der Waals surface area (Å²) >= 11 is 1.83. The standard InChI is InChI=1S/C43H27N3S/c1-2-9-31-24-32(20-17-28(31)8-1)29-15-18-30(19-16-29)39-26-40(33-21-22-42-38(25-33)36-12-5-6-14-41(36)47-42)46-43(45-39)37-13-4-3-11-35(37)34-10-7-23-44-27-34/h1-27H. The maximum absolute atomic E-state index is 5.22. The molecule has 3 nitrogen and oxygen atoms in total. The number of hydrogen-bond acceptors (Lipinski definition) is 4. The van der Waals surface area contributed by atoms with E-state index >= 15 is 0 Å². The molecule has 4 heteroatoms. The van der Waals surface area contributed by atoms with Gasteiger partial charge in [0.25, 0.3) is 0 Å². The van der Waals surface area contributed by atoms with E-state index in [0.717, 1.165) is 39.2 Å². The van der Waals surface area contributed by atoms with Crippen LogP contribution in [-0.4, -0.2) is 15.0 Å². The summed E-state index contributed by atoms with van der Waals surface area (Å²) in [7, 11) is 0. The van der Waals surface area contributed by atoms with Crippen LogP contribution in [0.5, 0.6) is 0 Å². The van der Waals surface area contributed by atoms with E-state index in [1.165, 1.54) is 42.1 Å². The fourth-order valence-electron chi connectivity index (χ4n) is 6.40. The molecule has 6 aromatic carbocycles. The number of aromatic nitrogens is 3. The summed E-state index contributed by atoms with van der Waals surface area (Å²) in [5, 5.41) is 5.01. The van der Waals surface area contributed by atoms with Gasteiger partial charge in [0.15, 0.2) is 5.82 Å². The molecule has 0 saturated carbocycles. The molecule has 0 spiro atoms. The van der Waals surface area contributed by atoms with Crippen molar-refractivity contribution in [3.63, 3.8) is 0 Å². The van der Waals surface area contributed by atoms with Gasteiger partial charge < -0.3 is 0 Å². The van der Waals surface area contributed by atoms with Crippen molar-refractivity contribution >= 4 is 42.3 Å². The maximum Gasteiger partial charge on any atom is 0.161 e. The van der Waals surface area contributed by atoms with Crippen LogP contribution >= 0.6 is 11.3 Å². The van der Waals surface area contributed by atoms with Crippen molar-refractivity contribution in [3.8, 4) is 56.2 Å². The first-order valence-corrected chi connectivity index (χ1v) is 16.5. The van der Waals surface area contributed by atoms with Crippen LogP contribution in [0.2, 0.25) is 0 Å². The van der Waals surface area contributed by atoms with Gasteiger partial charge in [0, 0.05) is 54.8 Å². The zero-order chi connectivity index (χ0) is 31.2. The van der Waals surface area contributed by atoms with Gasteiger partial charge in [0.2, 0.25) is 0 Å². The molecular formula is C43H27N3S. The highest BCUT2D eigenvalue weighted by Gasteiger charge is 2.16. The van der Waals surface area contributed by atoms with Gasteiger partial charge in [-0.05, 0) is 63.9 Å². The largest absolute Gasteiger partial charge is 0.264 e. The third kappa shape index (κ3) is 5.05. The molecule has 220 valence electrons. The minimum absolute atomic E-state index is 0.686. The molecule has 47 heavy (non-hydrogen) atoms. The molecule has 0 aliphatic rings. The Morgan fingerprint density at radius 2 is 1.09 bits per heavy atom. The van der Waals surface area contributed by atoms with Crippen molar-refractivity contribution < 1.29 is 0 Å². The van der Waals surface area contributed by atoms with Crippen LogP contribution in [0.4, 0.5) is 0 Å². The Hall–Kier alpha value is -5.97. The summed E-state index contributed by atoms with van der Waals surface area (Å²) in [6.45, 7) is 0. The van der Waals surface area contributed by atoms with Crippen LogP contribution in [0, 0.1) is 0 Å². The van der Waals surface area contributed by atoms with Gasteiger partial charge in [0.05, 0.1) is 11.4 Å². The second kappa shape index (κ2) is 11.4. The highest BCUT2D eigenvalue weighted by molar-refractivity contribution is 7.25. The molecule has 0 fully saturated rings. The molecule has 0 saturated heterocycles. The van der Waals surface area contributed by atoms with Gasteiger partial charge in [-0.1, -0.05) is 115 Å². The first kappa shape index (κ1) is 27.3. The molecule has 3 heterocycles.